The lowest BCUT2D eigenvalue weighted by Gasteiger charge is -2.01. The molecule has 2 nitrogen and oxygen atoms in total. The maximum absolute atomic E-state index is 9.12. The molecule has 1 aromatic heterocycles. The predicted octanol–water partition coefficient (Wildman–Crippen LogP) is 2.84. The number of hydrogen-bond donors (Lipinski definition) is 1. The molecule has 0 fully saturated rings. The minimum atomic E-state index is 0.259. The van der Waals surface area contributed by atoms with Gasteiger partial charge in [-0.1, -0.05) is 11.6 Å². The Morgan fingerprint density at radius 3 is 2.31 bits per heavy atom. The zero-order chi connectivity index (χ0) is 9.26. The molecule has 2 rings (SSSR count). The van der Waals surface area contributed by atoms with Crippen molar-refractivity contribution < 1.29 is 5.11 Å². The molecular formula is C10H8ClNO. The molecule has 0 amide bonds. The molecule has 0 spiro atoms. The van der Waals surface area contributed by atoms with E-state index in [1.54, 1.807) is 18.5 Å². The predicted molar refractivity (Wildman–Crippen MR) is 52.4 cm³/mol. The van der Waals surface area contributed by atoms with Crippen LogP contribution in [0.25, 0.3) is 5.69 Å². The van der Waals surface area contributed by atoms with Crippen LogP contribution in [0.1, 0.15) is 0 Å². The maximum Gasteiger partial charge on any atom is 0.133 e. The zero-order valence-corrected chi connectivity index (χ0v) is 7.57. The van der Waals surface area contributed by atoms with Crippen molar-refractivity contribution in [2.24, 2.45) is 0 Å². The standard InChI is InChI=1S/C10H8ClNO/c11-8-1-3-9(4-2-8)12-6-5-10(13)7-12/h1-7,13H. The highest BCUT2D eigenvalue weighted by atomic mass is 35.5. The molecule has 66 valence electrons. The lowest BCUT2D eigenvalue weighted by molar-refractivity contribution is 0.475. The van der Waals surface area contributed by atoms with Crippen molar-refractivity contribution in [3.05, 3.63) is 47.7 Å². The van der Waals surface area contributed by atoms with Crippen LogP contribution < -0.4 is 0 Å². The van der Waals surface area contributed by atoms with E-state index in [0.29, 0.717) is 5.02 Å². The number of benzene rings is 1. The van der Waals surface area contributed by atoms with Gasteiger partial charge in [-0.3, -0.25) is 0 Å². The number of rotatable bonds is 1. The van der Waals surface area contributed by atoms with Crippen LogP contribution in [0.15, 0.2) is 42.7 Å². The van der Waals surface area contributed by atoms with Crippen molar-refractivity contribution in [3.8, 4) is 11.4 Å². The molecule has 3 heteroatoms. The summed E-state index contributed by atoms with van der Waals surface area (Å²) in [7, 11) is 0. The molecule has 13 heavy (non-hydrogen) atoms. The van der Waals surface area contributed by atoms with Gasteiger partial charge in [0.15, 0.2) is 0 Å². The second kappa shape index (κ2) is 3.15. The summed E-state index contributed by atoms with van der Waals surface area (Å²) < 4.78 is 1.83. The molecule has 0 saturated heterocycles. The smallest absolute Gasteiger partial charge is 0.133 e. The van der Waals surface area contributed by atoms with Gasteiger partial charge in [-0.25, -0.2) is 0 Å². The van der Waals surface area contributed by atoms with Crippen LogP contribution in [-0.4, -0.2) is 9.67 Å². The van der Waals surface area contributed by atoms with E-state index in [2.05, 4.69) is 0 Å². The second-order valence-electron chi connectivity index (χ2n) is 2.75. The van der Waals surface area contributed by atoms with Gasteiger partial charge in [-0.05, 0) is 30.3 Å². The lowest BCUT2D eigenvalue weighted by Crippen LogP contribution is -1.87. The van der Waals surface area contributed by atoms with Crippen LogP contribution >= 0.6 is 11.6 Å². The fourth-order valence-corrected chi connectivity index (χ4v) is 1.29. The van der Waals surface area contributed by atoms with Crippen molar-refractivity contribution in [1.29, 1.82) is 0 Å². The second-order valence-corrected chi connectivity index (χ2v) is 3.19. The van der Waals surface area contributed by atoms with Gasteiger partial charge < -0.3 is 9.67 Å². The number of hydrogen-bond acceptors (Lipinski definition) is 1. The molecular weight excluding hydrogens is 186 g/mol. The zero-order valence-electron chi connectivity index (χ0n) is 6.81. The van der Waals surface area contributed by atoms with Crippen LogP contribution in [-0.2, 0) is 0 Å². The highest BCUT2D eigenvalue weighted by molar-refractivity contribution is 6.30. The van der Waals surface area contributed by atoms with Crippen LogP contribution in [0.2, 0.25) is 5.02 Å². The quantitative estimate of drug-likeness (QED) is 0.740. The average Bonchev–Trinajstić information content (AvgIpc) is 2.53. The van der Waals surface area contributed by atoms with E-state index in [1.165, 1.54) is 0 Å². The van der Waals surface area contributed by atoms with Gasteiger partial charge in [0.05, 0.1) is 6.20 Å². The Labute approximate surface area is 81.0 Å². The van der Waals surface area contributed by atoms with Crippen LogP contribution in [0.4, 0.5) is 0 Å². The van der Waals surface area contributed by atoms with Crippen molar-refractivity contribution in [1.82, 2.24) is 4.57 Å². The molecule has 2 aromatic rings. The third-order valence-electron chi connectivity index (χ3n) is 1.80. The molecule has 0 unspecified atom stereocenters. The summed E-state index contributed by atoms with van der Waals surface area (Å²) in [6, 6.07) is 9.04. The first kappa shape index (κ1) is 8.20. The van der Waals surface area contributed by atoms with Gasteiger partial charge in [-0.15, -0.1) is 0 Å². The van der Waals surface area contributed by atoms with Gasteiger partial charge in [0, 0.05) is 16.9 Å². The Kier molecular flexibility index (Phi) is 1.99. The summed E-state index contributed by atoms with van der Waals surface area (Å²) in [5.41, 5.74) is 0.977. The lowest BCUT2D eigenvalue weighted by atomic mass is 10.3. The Balaban J connectivity index is 2.41. The van der Waals surface area contributed by atoms with Crippen LogP contribution in [0, 0.1) is 0 Å². The van der Waals surface area contributed by atoms with Crippen molar-refractivity contribution in [2.75, 3.05) is 0 Å². The van der Waals surface area contributed by atoms with Gasteiger partial charge in [0.1, 0.15) is 5.75 Å². The Hall–Kier alpha value is -1.41. The van der Waals surface area contributed by atoms with Crippen LogP contribution in [0.5, 0.6) is 5.75 Å². The summed E-state index contributed by atoms with van der Waals surface area (Å²) in [5.74, 6) is 0.259. The number of nitrogens with zero attached hydrogens (tertiary/aromatic N) is 1. The van der Waals surface area contributed by atoms with E-state index in [0.717, 1.165) is 5.69 Å². The van der Waals surface area contributed by atoms with E-state index in [1.807, 2.05) is 28.8 Å². The summed E-state index contributed by atoms with van der Waals surface area (Å²) in [4.78, 5) is 0. The van der Waals surface area contributed by atoms with E-state index in [-0.39, 0.29) is 5.75 Å². The fraction of sp³-hybridized carbons (Fsp3) is 0. The number of aromatic hydroxyl groups is 1. The molecule has 0 aliphatic heterocycles. The highest BCUT2D eigenvalue weighted by Gasteiger charge is 1.96. The van der Waals surface area contributed by atoms with E-state index in [4.69, 9.17) is 16.7 Å². The normalized spacial score (nSPS) is 10.2. The monoisotopic (exact) mass is 193 g/mol. The van der Waals surface area contributed by atoms with Crippen LogP contribution in [0.3, 0.4) is 0 Å². The molecule has 0 atom stereocenters. The Bertz CT molecular complexity index is 405. The molecule has 0 aliphatic carbocycles. The number of halogens is 1. The molecule has 0 aliphatic rings. The SMILES string of the molecule is Oc1ccn(-c2ccc(Cl)cc2)c1. The Morgan fingerprint density at radius 2 is 1.77 bits per heavy atom. The average molecular weight is 194 g/mol. The van der Waals surface area contributed by atoms with Crippen molar-refractivity contribution >= 4 is 11.6 Å². The van der Waals surface area contributed by atoms with E-state index < -0.39 is 0 Å². The van der Waals surface area contributed by atoms with E-state index in [9.17, 15) is 0 Å². The first-order valence-electron chi connectivity index (χ1n) is 3.88. The molecule has 1 heterocycles. The summed E-state index contributed by atoms with van der Waals surface area (Å²) in [5, 5.41) is 9.83. The third-order valence-corrected chi connectivity index (χ3v) is 2.05. The van der Waals surface area contributed by atoms with Gasteiger partial charge in [0.25, 0.3) is 0 Å². The fourth-order valence-electron chi connectivity index (χ4n) is 1.16. The minimum Gasteiger partial charge on any atom is -0.506 e. The largest absolute Gasteiger partial charge is 0.506 e. The maximum atomic E-state index is 9.12. The minimum absolute atomic E-state index is 0.259. The third kappa shape index (κ3) is 1.68. The molecule has 1 N–H and O–H groups in total. The summed E-state index contributed by atoms with van der Waals surface area (Å²) >= 11 is 5.75. The highest BCUT2D eigenvalue weighted by Crippen LogP contribution is 2.16. The molecule has 0 bridgehead atoms. The first-order chi connectivity index (χ1) is 6.25. The van der Waals surface area contributed by atoms with Crippen molar-refractivity contribution in [3.63, 3.8) is 0 Å². The Morgan fingerprint density at radius 1 is 1.08 bits per heavy atom. The molecule has 0 radical (unpaired) electrons. The number of aromatic nitrogens is 1. The topological polar surface area (TPSA) is 25.2 Å². The summed E-state index contributed by atoms with van der Waals surface area (Å²) in [6.07, 6.45) is 3.43. The van der Waals surface area contributed by atoms with Crippen molar-refractivity contribution in [2.45, 2.75) is 0 Å². The molecule has 0 saturated carbocycles. The summed E-state index contributed by atoms with van der Waals surface area (Å²) in [6.45, 7) is 0. The molecule has 1 aromatic carbocycles. The van der Waals surface area contributed by atoms with Gasteiger partial charge in [-0.2, -0.15) is 0 Å². The van der Waals surface area contributed by atoms with E-state index >= 15 is 0 Å². The van der Waals surface area contributed by atoms with Gasteiger partial charge in [0.2, 0.25) is 0 Å². The first-order valence-corrected chi connectivity index (χ1v) is 4.26. The van der Waals surface area contributed by atoms with Gasteiger partial charge >= 0.3 is 0 Å².